The summed E-state index contributed by atoms with van der Waals surface area (Å²) >= 11 is 0. The van der Waals surface area contributed by atoms with Crippen LogP contribution in [0.5, 0.6) is 0 Å². The van der Waals surface area contributed by atoms with Crippen LogP contribution < -0.4 is 5.32 Å². The van der Waals surface area contributed by atoms with Gasteiger partial charge in [0, 0.05) is 30.7 Å². The maximum Gasteiger partial charge on any atom is 0.236 e. The minimum absolute atomic E-state index is 0.0992. The molecule has 0 radical (unpaired) electrons. The molecule has 134 valence electrons. The molecule has 4 heteroatoms. The second-order valence-electron chi connectivity index (χ2n) is 6.44. The van der Waals surface area contributed by atoms with E-state index in [9.17, 15) is 4.79 Å². The van der Waals surface area contributed by atoms with Gasteiger partial charge in [0.25, 0.3) is 0 Å². The Balaban J connectivity index is 1.68. The highest BCUT2D eigenvalue weighted by Crippen LogP contribution is 2.34. The number of hydrogen-bond donors (Lipinski definition) is 1. The fourth-order valence-electron chi connectivity index (χ4n) is 3.27. The molecule has 0 aliphatic carbocycles. The monoisotopic (exact) mass is 348 g/mol. The summed E-state index contributed by atoms with van der Waals surface area (Å²) in [4.78, 5) is 14.0. The number of amides is 1. The highest BCUT2D eigenvalue weighted by Gasteiger charge is 2.42. The molecule has 0 saturated carbocycles. The molecule has 1 fully saturated rings. The molecule has 1 aliphatic heterocycles. The highest BCUT2D eigenvalue weighted by molar-refractivity contribution is 5.80. The smallest absolute Gasteiger partial charge is 0.236 e. The van der Waals surface area contributed by atoms with E-state index in [4.69, 9.17) is 4.74 Å². The minimum atomic E-state index is 0.0992. The van der Waals surface area contributed by atoms with Crippen LogP contribution in [0, 0.1) is 11.8 Å². The van der Waals surface area contributed by atoms with Crippen molar-refractivity contribution in [1.82, 2.24) is 10.2 Å². The molecule has 1 heterocycles. The molecule has 1 aliphatic rings. The molecule has 2 aromatic rings. The van der Waals surface area contributed by atoms with Gasteiger partial charge in [-0.15, -0.1) is 0 Å². The highest BCUT2D eigenvalue weighted by atomic mass is 16.5. The molecule has 26 heavy (non-hydrogen) atoms. The summed E-state index contributed by atoms with van der Waals surface area (Å²) in [5.74, 6) is 6.80. The van der Waals surface area contributed by atoms with Crippen molar-refractivity contribution in [3.63, 3.8) is 0 Å². The largest absolute Gasteiger partial charge is 0.383 e. The van der Waals surface area contributed by atoms with Gasteiger partial charge in [0.15, 0.2) is 0 Å². The SMILES string of the molecule is CNCC(=O)N1CC(c2ccc(C#Cc3ccccc3)cc2)C1COC. The Hall–Kier alpha value is -2.61. The van der Waals surface area contributed by atoms with Crippen molar-refractivity contribution in [2.24, 2.45) is 0 Å². The maximum atomic E-state index is 12.2. The van der Waals surface area contributed by atoms with E-state index in [1.165, 1.54) is 5.56 Å². The number of rotatable bonds is 5. The van der Waals surface area contributed by atoms with Crippen molar-refractivity contribution in [1.29, 1.82) is 0 Å². The summed E-state index contributed by atoms with van der Waals surface area (Å²) in [5.41, 5.74) is 3.23. The van der Waals surface area contributed by atoms with Crippen LogP contribution in [0.25, 0.3) is 0 Å². The van der Waals surface area contributed by atoms with E-state index in [0.717, 1.165) is 17.7 Å². The van der Waals surface area contributed by atoms with Crippen LogP contribution in [0.1, 0.15) is 22.6 Å². The van der Waals surface area contributed by atoms with Gasteiger partial charge in [-0.1, -0.05) is 42.2 Å². The van der Waals surface area contributed by atoms with Gasteiger partial charge in [-0.3, -0.25) is 4.79 Å². The average molecular weight is 348 g/mol. The van der Waals surface area contributed by atoms with Crippen LogP contribution in [-0.4, -0.2) is 50.7 Å². The molecule has 4 nitrogen and oxygen atoms in total. The minimum Gasteiger partial charge on any atom is -0.383 e. The van der Waals surface area contributed by atoms with Crippen molar-refractivity contribution in [2.45, 2.75) is 12.0 Å². The van der Waals surface area contributed by atoms with Gasteiger partial charge in [-0.25, -0.2) is 0 Å². The first-order valence-electron chi connectivity index (χ1n) is 8.83. The van der Waals surface area contributed by atoms with Crippen LogP contribution in [-0.2, 0) is 9.53 Å². The summed E-state index contributed by atoms with van der Waals surface area (Å²) in [6, 6.07) is 18.4. The van der Waals surface area contributed by atoms with E-state index < -0.39 is 0 Å². The van der Waals surface area contributed by atoms with Crippen molar-refractivity contribution in [3.05, 3.63) is 71.3 Å². The van der Waals surface area contributed by atoms with Crippen LogP contribution >= 0.6 is 0 Å². The summed E-state index contributed by atoms with van der Waals surface area (Å²) in [5, 5.41) is 2.92. The Morgan fingerprint density at radius 1 is 1.12 bits per heavy atom. The third-order valence-electron chi connectivity index (χ3n) is 4.71. The molecule has 0 bridgehead atoms. The van der Waals surface area contributed by atoms with E-state index in [-0.39, 0.29) is 11.9 Å². The van der Waals surface area contributed by atoms with Crippen molar-refractivity contribution < 1.29 is 9.53 Å². The molecule has 1 saturated heterocycles. The lowest BCUT2D eigenvalue weighted by Gasteiger charge is -2.48. The fourth-order valence-corrected chi connectivity index (χ4v) is 3.27. The van der Waals surface area contributed by atoms with Crippen molar-refractivity contribution in [2.75, 3.05) is 33.9 Å². The molecule has 2 aromatic carbocycles. The summed E-state index contributed by atoms with van der Waals surface area (Å²) < 4.78 is 5.33. The van der Waals surface area contributed by atoms with Gasteiger partial charge in [-0.2, -0.15) is 0 Å². The van der Waals surface area contributed by atoms with Gasteiger partial charge < -0.3 is 15.0 Å². The Bertz CT molecular complexity index is 790. The Morgan fingerprint density at radius 2 is 1.77 bits per heavy atom. The first-order valence-corrected chi connectivity index (χ1v) is 8.83. The van der Waals surface area contributed by atoms with Crippen LogP contribution in [0.3, 0.4) is 0 Å². The topological polar surface area (TPSA) is 41.6 Å². The number of hydrogen-bond acceptors (Lipinski definition) is 3. The predicted octanol–water partition coefficient (Wildman–Crippen LogP) is 2.25. The van der Waals surface area contributed by atoms with E-state index in [1.807, 2.05) is 47.4 Å². The zero-order valence-corrected chi connectivity index (χ0v) is 15.2. The lowest BCUT2D eigenvalue weighted by Crippen LogP contribution is -2.60. The molecule has 0 spiro atoms. The van der Waals surface area contributed by atoms with Gasteiger partial charge in [0.2, 0.25) is 5.91 Å². The number of carbonyl (C=O) groups excluding carboxylic acids is 1. The normalized spacial score (nSPS) is 18.6. The number of methoxy groups -OCH3 is 1. The van der Waals surface area contributed by atoms with Crippen molar-refractivity contribution >= 4 is 5.91 Å². The van der Waals surface area contributed by atoms with Gasteiger partial charge >= 0.3 is 0 Å². The Kier molecular flexibility index (Phi) is 6.06. The number of benzene rings is 2. The third kappa shape index (κ3) is 4.13. The molecule has 2 atom stereocenters. The van der Waals surface area contributed by atoms with Crippen LogP contribution in [0.2, 0.25) is 0 Å². The molecule has 1 amide bonds. The van der Waals surface area contributed by atoms with Gasteiger partial charge in [0.05, 0.1) is 19.2 Å². The number of likely N-dealkylation sites (tertiary alicyclic amines) is 1. The summed E-state index contributed by atoms with van der Waals surface area (Å²) in [6.07, 6.45) is 0. The number of nitrogens with zero attached hydrogens (tertiary/aromatic N) is 1. The van der Waals surface area contributed by atoms with Crippen LogP contribution in [0.15, 0.2) is 54.6 Å². The van der Waals surface area contributed by atoms with E-state index >= 15 is 0 Å². The van der Waals surface area contributed by atoms with Gasteiger partial charge in [0.1, 0.15) is 0 Å². The van der Waals surface area contributed by atoms with E-state index in [1.54, 1.807) is 14.2 Å². The zero-order chi connectivity index (χ0) is 18.4. The molecule has 0 aromatic heterocycles. The summed E-state index contributed by atoms with van der Waals surface area (Å²) in [7, 11) is 3.47. The fraction of sp³-hybridized carbons (Fsp3) is 0.318. The lowest BCUT2D eigenvalue weighted by molar-refractivity contribution is -0.141. The van der Waals surface area contributed by atoms with Crippen LogP contribution in [0.4, 0.5) is 0 Å². The zero-order valence-electron chi connectivity index (χ0n) is 15.2. The van der Waals surface area contributed by atoms with E-state index in [0.29, 0.717) is 19.1 Å². The summed E-state index contributed by atoms with van der Waals surface area (Å²) in [6.45, 7) is 1.65. The Morgan fingerprint density at radius 3 is 2.38 bits per heavy atom. The number of nitrogens with one attached hydrogen (secondary N) is 1. The van der Waals surface area contributed by atoms with E-state index in [2.05, 4.69) is 29.3 Å². The molecule has 1 N–H and O–H groups in total. The second-order valence-corrected chi connectivity index (χ2v) is 6.44. The van der Waals surface area contributed by atoms with Gasteiger partial charge in [-0.05, 0) is 36.9 Å². The first kappa shape index (κ1) is 18.2. The number of ether oxygens (including phenoxy) is 1. The first-order chi connectivity index (χ1) is 12.7. The van der Waals surface area contributed by atoms with Crippen molar-refractivity contribution in [3.8, 4) is 11.8 Å². The maximum absolute atomic E-state index is 12.2. The Labute approximate surface area is 155 Å². The third-order valence-corrected chi connectivity index (χ3v) is 4.71. The quantitative estimate of drug-likeness (QED) is 0.843. The molecule has 2 unspecified atom stereocenters. The lowest BCUT2D eigenvalue weighted by atomic mass is 9.82. The second kappa shape index (κ2) is 8.66. The molecular formula is C22H24N2O2. The molecular weight excluding hydrogens is 324 g/mol. The number of carbonyl (C=O) groups is 1. The molecule has 3 rings (SSSR count). The predicted molar refractivity (Wildman–Crippen MR) is 103 cm³/mol. The standard InChI is InChI=1S/C22H24N2O2/c1-23-14-22(25)24-15-20(21(24)16-26-2)19-12-10-18(11-13-19)9-8-17-6-4-3-5-7-17/h3-7,10-13,20-21,23H,14-16H2,1-2H3. The number of likely N-dealkylation sites (N-methyl/N-ethyl adjacent to an activating group) is 1. The average Bonchev–Trinajstić information content (AvgIpc) is 2.66.